The van der Waals surface area contributed by atoms with E-state index in [0.717, 1.165) is 16.9 Å². The van der Waals surface area contributed by atoms with Crippen molar-refractivity contribution in [1.82, 2.24) is 20.0 Å². The summed E-state index contributed by atoms with van der Waals surface area (Å²) in [7, 11) is 0. The van der Waals surface area contributed by atoms with Crippen LogP contribution in [0.3, 0.4) is 0 Å². The zero-order valence-electron chi connectivity index (χ0n) is 11.5. The Morgan fingerprint density at radius 2 is 2.32 bits per heavy atom. The van der Waals surface area contributed by atoms with Gasteiger partial charge in [-0.05, 0) is 30.0 Å². The Kier molecular flexibility index (Phi) is 3.19. The smallest absolute Gasteiger partial charge is 0.264 e. The number of aromatic nitrogens is 3. The minimum Gasteiger partial charge on any atom is -0.337 e. The molecule has 1 aliphatic rings. The number of carbonyl (C=O) groups is 1. The standard InChI is InChI=1S/C15H12N4O2S/c20-15(12-4-2-8-22-12)19-7-5-11(19)14-17-13(18-21-14)10-3-1-6-16-9-10/h1-4,6,8-9,11H,5,7H2/t11-/m1/s1. The Morgan fingerprint density at radius 1 is 1.36 bits per heavy atom. The third kappa shape index (κ3) is 2.19. The molecule has 0 unspecified atom stereocenters. The third-order valence-corrected chi connectivity index (χ3v) is 4.52. The van der Waals surface area contributed by atoms with Crippen LogP contribution in [-0.4, -0.2) is 32.5 Å². The summed E-state index contributed by atoms with van der Waals surface area (Å²) in [6.07, 6.45) is 4.22. The predicted molar refractivity (Wildman–Crippen MR) is 80.2 cm³/mol. The Balaban J connectivity index is 1.56. The molecule has 1 saturated heterocycles. The van der Waals surface area contributed by atoms with Gasteiger partial charge < -0.3 is 9.42 Å². The summed E-state index contributed by atoms with van der Waals surface area (Å²) >= 11 is 1.44. The normalized spacial score (nSPS) is 17.3. The van der Waals surface area contributed by atoms with Crippen molar-refractivity contribution < 1.29 is 9.32 Å². The minimum absolute atomic E-state index is 0.0207. The number of pyridine rings is 1. The molecule has 1 aliphatic heterocycles. The number of carbonyl (C=O) groups excluding carboxylic acids is 1. The van der Waals surface area contributed by atoms with Crippen LogP contribution in [0.4, 0.5) is 0 Å². The average molecular weight is 312 g/mol. The van der Waals surface area contributed by atoms with Gasteiger partial charge in [-0.2, -0.15) is 4.98 Å². The second-order valence-electron chi connectivity index (χ2n) is 4.98. The van der Waals surface area contributed by atoms with Gasteiger partial charge in [0.25, 0.3) is 5.91 Å². The quantitative estimate of drug-likeness (QED) is 0.743. The zero-order valence-corrected chi connectivity index (χ0v) is 12.4. The maximum atomic E-state index is 12.4. The summed E-state index contributed by atoms with van der Waals surface area (Å²) in [4.78, 5) is 23.3. The van der Waals surface area contributed by atoms with E-state index in [2.05, 4.69) is 15.1 Å². The number of hydrogen-bond acceptors (Lipinski definition) is 6. The molecular weight excluding hydrogens is 300 g/mol. The molecule has 6 nitrogen and oxygen atoms in total. The van der Waals surface area contributed by atoms with Gasteiger partial charge in [-0.15, -0.1) is 11.3 Å². The van der Waals surface area contributed by atoms with Gasteiger partial charge in [0.1, 0.15) is 6.04 Å². The van der Waals surface area contributed by atoms with Crippen LogP contribution in [0.1, 0.15) is 28.0 Å². The maximum Gasteiger partial charge on any atom is 0.264 e. The first-order valence-electron chi connectivity index (χ1n) is 6.91. The van der Waals surface area contributed by atoms with Crippen molar-refractivity contribution in [2.24, 2.45) is 0 Å². The highest BCUT2D eigenvalue weighted by Gasteiger charge is 2.38. The van der Waals surface area contributed by atoms with E-state index in [9.17, 15) is 4.79 Å². The number of nitrogens with zero attached hydrogens (tertiary/aromatic N) is 4. The van der Waals surface area contributed by atoms with E-state index in [1.54, 1.807) is 17.3 Å². The van der Waals surface area contributed by atoms with Gasteiger partial charge in [-0.25, -0.2) is 0 Å². The van der Waals surface area contributed by atoms with Crippen LogP contribution in [0.2, 0.25) is 0 Å². The fourth-order valence-corrected chi connectivity index (χ4v) is 3.09. The Labute approximate surface area is 130 Å². The minimum atomic E-state index is -0.132. The Bertz CT molecular complexity index is 785. The first-order chi connectivity index (χ1) is 10.8. The molecule has 7 heteroatoms. The molecule has 0 saturated carbocycles. The van der Waals surface area contributed by atoms with Gasteiger partial charge in [-0.3, -0.25) is 9.78 Å². The lowest BCUT2D eigenvalue weighted by atomic mass is 10.0. The van der Waals surface area contributed by atoms with E-state index in [0.29, 0.717) is 18.3 Å². The lowest BCUT2D eigenvalue weighted by Crippen LogP contribution is -2.45. The molecule has 0 radical (unpaired) electrons. The predicted octanol–water partition coefficient (Wildman–Crippen LogP) is 2.78. The largest absolute Gasteiger partial charge is 0.337 e. The summed E-state index contributed by atoms with van der Waals surface area (Å²) in [5.74, 6) is 1.00. The van der Waals surface area contributed by atoms with E-state index in [1.807, 2.05) is 29.6 Å². The van der Waals surface area contributed by atoms with Crippen LogP contribution >= 0.6 is 11.3 Å². The summed E-state index contributed by atoms with van der Waals surface area (Å²) in [5.41, 5.74) is 0.799. The van der Waals surface area contributed by atoms with Gasteiger partial charge in [0.15, 0.2) is 0 Å². The van der Waals surface area contributed by atoms with E-state index in [1.165, 1.54) is 11.3 Å². The molecule has 0 N–H and O–H groups in total. The van der Waals surface area contributed by atoms with Gasteiger partial charge in [0.05, 0.1) is 4.88 Å². The van der Waals surface area contributed by atoms with Crippen LogP contribution in [-0.2, 0) is 0 Å². The second kappa shape index (κ2) is 5.34. The number of rotatable bonds is 3. The topological polar surface area (TPSA) is 72.1 Å². The fourth-order valence-electron chi connectivity index (χ4n) is 2.41. The van der Waals surface area contributed by atoms with Crippen molar-refractivity contribution >= 4 is 17.2 Å². The van der Waals surface area contributed by atoms with E-state index >= 15 is 0 Å². The third-order valence-electron chi connectivity index (χ3n) is 3.66. The molecule has 0 bridgehead atoms. The lowest BCUT2D eigenvalue weighted by molar-refractivity contribution is 0.0384. The molecule has 110 valence electrons. The first-order valence-corrected chi connectivity index (χ1v) is 7.79. The molecule has 1 amide bonds. The SMILES string of the molecule is O=C(c1cccs1)N1CC[C@@H]1c1nc(-c2cccnc2)no1. The van der Waals surface area contributed by atoms with E-state index in [4.69, 9.17) is 4.52 Å². The van der Waals surface area contributed by atoms with Crippen molar-refractivity contribution in [3.63, 3.8) is 0 Å². The molecule has 0 aromatic carbocycles. The zero-order chi connectivity index (χ0) is 14.9. The van der Waals surface area contributed by atoms with Crippen LogP contribution in [0.25, 0.3) is 11.4 Å². The van der Waals surface area contributed by atoms with Crippen LogP contribution in [0.15, 0.2) is 46.6 Å². The number of hydrogen-bond donors (Lipinski definition) is 0. The van der Waals surface area contributed by atoms with Gasteiger partial charge in [0.2, 0.25) is 11.7 Å². The Hall–Kier alpha value is -2.54. The molecule has 0 aliphatic carbocycles. The monoisotopic (exact) mass is 312 g/mol. The molecule has 1 atom stereocenters. The van der Waals surface area contributed by atoms with Crippen LogP contribution in [0, 0.1) is 0 Å². The van der Waals surface area contributed by atoms with Gasteiger partial charge >= 0.3 is 0 Å². The average Bonchev–Trinajstić information content (AvgIpc) is 3.19. The maximum absolute atomic E-state index is 12.4. The number of amides is 1. The van der Waals surface area contributed by atoms with Gasteiger partial charge in [0, 0.05) is 24.5 Å². The highest BCUT2D eigenvalue weighted by molar-refractivity contribution is 7.12. The molecule has 4 rings (SSSR count). The summed E-state index contributed by atoms with van der Waals surface area (Å²) < 4.78 is 5.34. The number of thiophene rings is 1. The fraction of sp³-hybridized carbons (Fsp3) is 0.200. The second-order valence-corrected chi connectivity index (χ2v) is 5.93. The molecule has 0 spiro atoms. The number of likely N-dealkylation sites (tertiary alicyclic amines) is 1. The highest BCUT2D eigenvalue weighted by Crippen LogP contribution is 2.34. The lowest BCUT2D eigenvalue weighted by Gasteiger charge is -2.38. The van der Waals surface area contributed by atoms with E-state index in [-0.39, 0.29) is 11.9 Å². The molecule has 22 heavy (non-hydrogen) atoms. The summed E-state index contributed by atoms with van der Waals surface area (Å²) in [5, 5.41) is 5.88. The van der Waals surface area contributed by atoms with Crippen LogP contribution in [0.5, 0.6) is 0 Å². The van der Waals surface area contributed by atoms with Crippen molar-refractivity contribution in [3.8, 4) is 11.4 Å². The summed E-state index contributed by atoms with van der Waals surface area (Å²) in [6, 6.07) is 7.27. The van der Waals surface area contributed by atoms with E-state index < -0.39 is 0 Å². The molecular formula is C15H12N4O2S. The van der Waals surface area contributed by atoms with Crippen molar-refractivity contribution in [2.45, 2.75) is 12.5 Å². The first kappa shape index (κ1) is 13.1. The molecule has 1 fully saturated rings. The highest BCUT2D eigenvalue weighted by atomic mass is 32.1. The molecule has 4 heterocycles. The van der Waals surface area contributed by atoms with Crippen molar-refractivity contribution in [3.05, 3.63) is 52.8 Å². The summed E-state index contributed by atoms with van der Waals surface area (Å²) in [6.45, 7) is 0.714. The van der Waals surface area contributed by atoms with Crippen molar-refractivity contribution in [1.29, 1.82) is 0 Å². The van der Waals surface area contributed by atoms with Crippen LogP contribution < -0.4 is 0 Å². The van der Waals surface area contributed by atoms with Gasteiger partial charge in [-0.1, -0.05) is 11.2 Å². The molecule has 3 aromatic rings. The Morgan fingerprint density at radius 3 is 3.00 bits per heavy atom. The molecule has 3 aromatic heterocycles. The van der Waals surface area contributed by atoms with Crippen molar-refractivity contribution in [2.75, 3.05) is 6.54 Å².